The average Bonchev–Trinajstić information content (AvgIpc) is 2.31. The first kappa shape index (κ1) is 7.10. The van der Waals surface area contributed by atoms with Gasteiger partial charge in [-0.3, -0.25) is 4.79 Å². The summed E-state index contributed by atoms with van der Waals surface area (Å²) in [5, 5.41) is 6.36. The maximum absolute atomic E-state index is 11.0. The van der Waals surface area contributed by atoms with E-state index in [9.17, 15) is 4.79 Å². The second-order valence-corrected chi connectivity index (χ2v) is 3.69. The number of nitrogens with one attached hydrogen (secondary N) is 2. The first-order valence-corrected chi connectivity index (χ1v) is 4.27. The van der Waals surface area contributed by atoms with Crippen LogP contribution >= 0.6 is 0 Å². The minimum absolute atomic E-state index is 0.232. The van der Waals surface area contributed by atoms with Crippen LogP contribution in [0.15, 0.2) is 0 Å². The van der Waals surface area contributed by atoms with Crippen molar-refractivity contribution in [2.45, 2.75) is 19.4 Å². The molecule has 0 aromatic rings. The Morgan fingerprint density at radius 3 is 3.00 bits per heavy atom. The second kappa shape index (κ2) is 2.48. The predicted octanol–water partition coefficient (Wildman–Crippen LogP) is -0.270. The zero-order valence-corrected chi connectivity index (χ0v) is 6.76. The minimum atomic E-state index is 0.232. The maximum Gasteiger partial charge on any atom is 0.220 e. The Morgan fingerprint density at radius 2 is 2.27 bits per heavy atom. The highest BCUT2D eigenvalue weighted by Gasteiger charge is 2.37. The molecule has 2 heterocycles. The number of rotatable bonds is 0. The number of piperidine rings is 1. The number of carbonyl (C=O) groups is 1. The molecular weight excluding hydrogens is 140 g/mol. The van der Waals surface area contributed by atoms with Gasteiger partial charge in [0.05, 0.1) is 0 Å². The van der Waals surface area contributed by atoms with Crippen molar-refractivity contribution in [2.75, 3.05) is 13.1 Å². The van der Waals surface area contributed by atoms with E-state index in [-0.39, 0.29) is 5.91 Å². The molecule has 3 nitrogen and oxygen atoms in total. The molecule has 2 saturated heterocycles. The van der Waals surface area contributed by atoms with Gasteiger partial charge in [-0.25, -0.2) is 0 Å². The molecule has 11 heavy (non-hydrogen) atoms. The van der Waals surface area contributed by atoms with E-state index in [4.69, 9.17) is 0 Å². The lowest BCUT2D eigenvalue weighted by Gasteiger charge is -2.31. The molecule has 0 aromatic heterocycles. The quantitative estimate of drug-likeness (QED) is 0.504. The fourth-order valence-electron chi connectivity index (χ4n) is 2.16. The summed E-state index contributed by atoms with van der Waals surface area (Å²) >= 11 is 0. The molecule has 62 valence electrons. The van der Waals surface area contributed by atoms with E-state index in [1.54, 1.807) is 0 Å². The van der Waals surface area contributed by atoms with Crippen LogP contribution in [0, 0.1) is 11.8 Å². The fraction of sp³-hybridized carbons (Fsp3) is 0.875. The van der Waals surface area contributed by atoms with E-state index >= 15 is 0 Å². The van der Waals surface area contributed by atoms with Gasteiger partial charge in [-0.15, -0.1) is 0 Å². The molecule has 2 rings (SSSR count). The van der Waals surface area contributed by atoms with E-state index in [1.807, 2.05) is 0 Å². The van der Waals surface area contributed by atoms with Gasteiger partial charge in [-0.2, -0.15) is 0 Å². The summed E-state index contributed by atoms with van der Waals surface area (Å²) in [5.41, 5.74) is 0. The third-order valence-electron chi connectivity index (χ3n) is 2.77. The number of amides is 1. The normalized spacial score (nSPS) is 43.4. The lowest BCUT2D eigenvalue weighted by Crippen LogP contribution is -2.48. The summed E-state index contributed by atoms with van der Waals surface area (Å²) in [6.45, 7) is 4.24. The van der Waals surface area contributed by atoms with Crippen LogP contribution in [0.3, 0.4) is 0 Å². The van der Waals surface area contributed by atoms with Crippen LogP contribution in [0.2, 0.25) is 0 Å². The lowest BCUT2D eigenvalue weighted by molar-refractivity contribution is -0.119. The molecule has 0 aromatic carbocycles. The number of hydrogen-bond donors (Lipinski definition) is 2. The zero-order valence-electron chi connectivity index (χ0n) is 6.76. The molecular formula is C8H14N2O. The van der Waals surface area contributed by atoms with Gasteiger partial charge in [0.25, 0.3) is 0 Å². The molecule has 3 atom stereocenters. The summed E-state index contributed by atoms with van der Waals surface area (Å²) < 4.78 is 0. The highest BCUT2D eigenvalue weighted by molar-refractivity contribution is 5.79. The van der Waals surface area contributed by atoms with Crippen molar-refractivity contribution in [2.24, 2.45) is 11.8 Å². The van der Waals surface area contributed by atoms with E-state index < -0.39 is 0 Å². The van der Waals surface area contributed by atoms with Crippen LogP contribution in [0.25, 0.3) is 0 Å². The first-order valence-electron chi connectivity index (χ1n) is 4.27. The van der Waals surface area contributed by atoms with Gasteiger partial charge in [0.1, 0.15) is 0 Å². The SMILES string of the molecule is C[C@@H]1CNC[C@H]2CC(=O)N[C@H]21. The largest absolute Gasteiger partial charge is 0.353 e. The van der Waals surface area contributed by atoms with Gasteiger partial charge in [-0.05, 0) is 12.5 Å². The predicted molar refractivity (Wildman–Crippen MR) is 42.1 cm³/mol. The fourth-order valence-corrected chi connectivity index (χ4v) is 2.16. The Kier molecular flexibility index (Phi) is 1.60. The van der Waals surface area contributed by atoms with Crippen molar-refractivity contribution in [1.82, 2.24) is 10.6 Å². The Bertz CT molecular complexity index is 181. The van der Waals surface area contributed by atoms with Gasteiger partial charge in [0, 0.05) is 24.9 Å². The highest BCUT2D eigenvalue weighted by atomic mass is 16.2. The van der Waals surface area contributed by atoms with Crippen molar-refractivity contribution in [3.8, 4) is 0 Å². The van der Waals surface area contributed by atoms with Crippen molar-refractivity contribution < 1.29 is 4.79 Å². The van der Waals surface area contributed by atoms with Crippen LogP contribution in [0.1, 0.15) is 13.3 Å². The van der Waals surface area contributed by atoms with Gasteiger partial charge in [-0.1, -0.05) is 6.92 Å². The van der Waals surface area contributed by atoms with Crippen LogP contribution in [0.5, 0.6) is 0 Å². The lowest BCUT2D eigenvalue weighted by atomic mass is 9.87. The molecule has 0 bridgehead atoms. The van der Waals surface area contributed by atoms with Crippen molar-refractivity contribution >= 4 is 5.91 Å². The Labute approximate surface area is 66.5 Å². The monoisotopic (exact) mass is 154 g/mol. The zero-order chi connectivity index (χ0) is 7.84. The molecule has 0 aliphatic carbocycles. The highest BCUT2D eigenvalue weighted by Crippen LogP contribution is 2.24. The third-order valence-corrected chi connectivity index (χ3v) is 2.77. The van der Waals surface area contributed by atoms with Crippen LogP contribution < -0.4 is 10.6 Å². The summed E-state index contributed by atoms with van der Waals surface area (Å²) in [7, 11) is 0. The summed E-state index contributed by atoms with van der Waals surface area (Å²) in [4.78, 5) is 11.0. The topological polar surface area (TPSA) is 41.1 Å². The summed E-state index contributed by atoms with van der Waals surface area (Å²) in [5.74, 6) is 1.38. The van der Waals surface area contributed by atoms with E-state index in [0.717, 1.165) is 19.5 Å². The second-order valence-electron chi connectivity index (χ2n) is 3.69. The minimum Gasteiger partial charge on any atom is -0.353 e. The number of hydrogen-bond acceptors (Lipinski definition) is 2. The van der Waals surface area contributed by atoms with Crippen molar-refractivity contribution in [3.63, 3.8) is 0 Å². The summed E-state index contributed by atoms with van der Waals surface area (Å²) in [6.07, 6.45) is 0.724. The maximum atomic E-state index is 11.0. The van der Waals surface area contributed by atoms with Crippen molar-refractivity contribution in [3.05, 3.63) is 0 Å². The molecule has 2 fully saturated rings. The molecule has 2 aliphatic rings. The molecule has 0 saturated carbocycles. The standard InChI is InChI=1S/C8H14N2O/c1-5-3-9-4-6-2-7(11)10-8(5)6/h5-6,8-9H,2-4H2,1H3,(H,10,11)/t5-,6-,8+/m1/s1. The van der Waals surface area contributed by atoms with Gasteiger partial charge in [0.2, 0.25) is 5.91 Å². The molecule has 0 spiro atoms. The molecule has 3 heteroatoms. The molecule has 1 amide bonds. The van der Waals surface area contributed by atoms with E-state index in [2.05, 4.69) is 17.6 Å². The van der Waals surface area contributed by atoms with Gasteiger partial charge >= 0.3 is 0 Å². The van der Waals surface area contributed by atoms with Crippen LogP contribution in [-0.2, 0) is 4.79 Å². The molecule has 2 N–H and O–H groups in total. The van der Waals surface area contributed by atoms with E-state index in [0.29, 0.717) is 17.9 Å². The van der Waals surface area contributed by atoms with Gasteiger partial charge in [0.15, 0.2) is 0 Å². The third kappa shape index (κ3) is 1.13. The number of carbonyl (C=O) groups excluding carboxylic acids is 1. The summed E-state index contributed by atoms with van der Waals surface area (Å²) in [6, 6.07) is 0.448. The Hall–Kier alpha value is -0.570. The first-order chi connectivity index (χ1) is 5.27. The van der Waals surface area contributed by atoms with Crippen LogP contribution in [0.4, 0.5) is 0 Å². The van der Waals surface area contributed by atoms with Crippen LogP contribution in [-0.4, -0.2) is 25.0 Å². The van der Waals surface area contributed by atoms with Gasteiger partial charge < -0.3 is 10.6 Å². The average molecular weight is 154 g/mol. The smallest absolute Gasteiger partial charge is 0.220 e. The van der Waals surface area contributed by atoms with Crippen molar-refractivity contribution in [1.29, 1.82) is 0 Å². The Balaban J connectivity index is 2.09. The molecule has 0 unspecified atom stereocenters. The molecule has 0 radical (unpaired) electrons. The molecule has 2 aliphatic heterocycles. The Morgan fingerprint density at radius 1 is 1.45 bits per heavy atom. The van der Waals surface area contributed by atoms with E-state index in [1.165, 1.54) is 0 Å². The number of fused-ring (bicyclic) bond motifs is 1.